The molecule has 1 aromatic rings. The maximum absolute atomic E-state index is 11.6. The number of hydrogen-bond acceptors (Lipinski definition) is 2. The van der Waals surface area contributed by atoms with Crippen molar-refractivity contribution < 1.29 is 14.1 Å². The van der Waals surface area contributed by atoms with Crippen molar-refractivity contribution >= 4 is 5.97 Å². The first-order valence-electron chi connectivity index (χ1n) is 5.89. The van der Waals surface area contributed by atoms with Crippen molar-refractivity contribution in [2.24, 2.45) is 0 Å². The van der Waals surface area contributed by atoms with E-state index in [0.29, 0.717) is 6.54 Å². The minimum absolute atomic E-state index is 0.0711. The molecule has 0 aliphatic heterocycles. The molecule has 0 bridgehead atoms. The Hall–Kier alpha value is -1.38. The number of esters is 1. The first-order valence-corrected chi connectivity index (χ1v) is 5.89. The highest BCUT2D eigenvalue weighted by Crippen LogP contribution is 2.06. The molecular formula is C13H20NO2+. The van der Waals surface area contributed by atoms with E-state index in [4.69, 9.17) is 4.74 Å². The van der Waals surface area contributed by atoms with Crippen LogP contribution in [0.15, 0.2) is 30.6 Å². The predicted molar refractivity (Wildman–Crippen MR) is 61.7 cm³/mol. The zero-order chi connectivity index (χ0) is 11.8. The fourth-order valence-electron chi connectivity index (χ4n) is 1.58. The molecule has 3 heteroatoms. The van der Waals surface area contributed by atoms with Gasteiger partial charge in [0, 0.05) is 12.1 Å². The number of ether oxygens (including phenoxy) is 1. The number of carbonyl (C=O) groups excluding carboxylic acids is 1. The molecule has 0 radical (unpaired) electrons. The molecule has 0 N–H and O–H groups in total. The summed E-state index contributed by atoms with van der Waals surface area (Å²) >= 11 is 0. The number of nitrogens with zero attached hydrogens (tertiary/aromatic N) is 1. The van der Waals surface area contributed by atoms with Crippen molar-refractivity contribution in [3.05, 3.63) is 30.6 Å². The van der Waals surface area contributed by atoms with E-state index in [1.807, 2.05) is 42.1 Å². The van der Waals surface area contributed by atoms with Crippen LogP contribution >= 0.6 is 0 Å². The van der Waals surface area contributed by atoms with E-state index in [0.717, 1.165) is 19.3 Å². The highest BCUT2D eigenvalue weighted by atomic mass is 16.5. The molecule has 1 unspecified atom stereocenters. The van der Waals surface area contributed by atoms with Gasteiger partial charge in [0.05, 0.1) is 0 Å². The Morgan fingerprint density at radius 1 is 1.25 bits per heavy atom. The average Bonchev–Trinajstić information content (AvgIpc) is 2.29. The van der Waals surface area contributed by atoms with Crippen LogP contribution in [0.2, 0.25) is 0 Å². The minimum Gasteiger partial charge on any atom is -0.458 e. The van der Waals surface area contributed by atoms with Crippen LogP contribution < -0.4 is 4.57 Å². The largest absolute Gasteiger partial charge is 0.458 e. The van der Waals surface area contributed by atoms with Gasteiger partial charge in [-0.15, -0.1) is 0 Å². The summed E-state index contributed by atoms with van der Waals surface area (Å²) in [7, 11) is 0. The van der Waals surface area contributed by atoms with Crippen molar-refractivity contribution in [2.45, 2.75) is 45.8 Å². The van der Waals surface area contributed by atoms with Crippen LogP contribution in [0.5, 0.6) is 0 Å². The molecular weight excluding hydrogens is 202 g/mol. The third kappa shape index (κ3) is 4.43. The summed E-state index contributed by atoms with van der Waals surface area (Å²) in [5.41, 5.74) is 0. The normalized spacial score (nSPS) is 12.1. The Kier molecular flexibility index (Phi) is 5.54. The minimum atomic E-state index is -0.156. The molecule has 1 aromatic heterocycles. The maximum Gasteiger partial charge on any atom is 0.372 e. The second kappa shape index (κ2) is 6.99. The van der Waals surface area contributed by atoms with Gasteiger partial charge in [-0.05, 0) is 12.8 Å². The zero-order valence-corrected chi connectivity index (χ0v) is 10.1. The highest BCUT2D eigenvalue weighted by Gasteiger charge is 2.15. The standard InChI is InChI=1S/C13H20NO2/c1-3-8-12(4-2)16-13(15)11-14-9-6-5-7-10-14/h5-7,9-10,12H,3-4,8,11H2,1-2H3/q+1. The molecule has 0 fully saturated rings. The van der Waals surface area contributed by atoms with Crippen molar-refractivity contribution in [1.29, 1.82) is 0 Å². The zero-order valence-electron chi connectivity index (χ0n) is 10.1. The lowest BCUT2D eigenvalue weighted by Crippen LogP contribution is -2.38. The van der Waals surface area contributed by atoms with Crippen molar-refractivity contribution in [1.82, 2.24) is 0 Å². The van der Waals surface area contributed by atoms with Crippen LogP contribution in [0.4, 0.5) is 0 Å². The molecule has 1 rings (SSSR count). The van der Waals surface area contributed by atoms with Crippen LogP contribution in [0.3, 0.4) is 0 Å². The summed E-state index contributed by atoms with van der Waals surface area (Å²) in [5.74, 6) is -0.156. The number of pyridine rings is 1. The Morgan fingerprint density at radius 3 is 2.50 bits per heavy atom. The van der Waals surface area contributed by atoms with Gasteiger partial charge in [-0.3, -0.25) is 0 Å². The topological polar surface area (TPSA) is 30.2 Å². The summed E-state index contributed by atoms with van der Waals surface area (Å²) in [5, 5.41) is 0. The Bertz CT molecular complexity index is 311. The number of aromatic nitrogens is 1. The van der Waals surface area contributed by atoms with Gasteiger partial charge in [-0.1, -0.05) is 26.3 Å². The molecule has 1 heterocycles. The van der Waals surface area contributed by atoms with E-state index in [1.165, 1.54) is 0 Å². The van der Waals surface area contributed by atoms with E-state index in [1.54, 1.807) is 0 Å². The number of hydrogen-bond donors (Lipinski definition) is 0. The fraction of sp³-hybridized carbons (Fsp3) is 0.538. The number of rotatable bonds is 6. The SMILES string of the molecule is CCCC(CC)OC(=O)C[n+]1ccccc1. The van der Waals surface area contributed by atoms with Crippen molar-refractivity contribution in [2.75, 3.05) is 0 Å². The molecule has 0 spiro atoms. The third-order valence-corrected chi connectivity index (χ3v) is 2.45. The Balaban J connectivity index is 2.41. The van der Waals surface area contributed by atoms with Gasteiger partial charge >= 0.3 is 5.97 Å². The van der Waals surface area contributed by atoms with Gasteiger partial charge in [0.2, 0.25) is 6.54 Å². The molecule has 0 saturated heterocycles. The molecule has 0 aliphatic carbocycles. The molecule has 0 saturated carbocycles. The maximum atomic E-state index is 11.6. The predicted octanol–water partition coefficient (Wildman–Crippen LogP) is 2.10. The van der Waals surface area contributed by atoms with E-state index in [9.17, 15) is 4.79 Å². The summed E-state index contributed by atoms with van der Waals surface area (Å²) in [6.07, 6.45) is 6.68. The van der Waals surface area contributed by atoms with Gasteiger partial charge < -0.3 is 4.74 Å². The lowest BCUT2D eigenvalue weighted by molar-refractivity contribution is -0.686. The molecule has 88 valence electrons. The van der Waals surface area contributed by atoms with Crippen LogP contribution in [0.1, 0.15) is 33.1 Å². The van der Waals surface area contributed by atoms with E-state index < -0.39 is 0 Å². The molecule has 0 amide bonds. The second-order valence-corrected chi connectivity index (χ2v) is 3.86. The second-order valence-electron chi connectivity index (χ2n) is 3.86. The first-order chi connectivity index (χ1) is 7.76. The van der Waals surface area contributed by atoms with E-state index in [-0.39, 0.29) is 12.1 Å². The summed E-state index contributed by atoms with van der Waals surface area (Å²) in [6.45, 7) is 4.44. The van der Waals surface area contributed by atoms with Crippen LogP contribution in [0.25, 0.3) is 0 Å². The van der Waals surface area contributed by atoms with Gasteiger partial charge in [0.1, 0.15) is 6.10 Å². The number of carbonyl (C=O) groups is 1. The molecule has 3 nitrogen and oxygen atoms in total. The Labute approximate surface area is 97.1 Å². The summed E-state index contributed by atoms with van der Waals surface area (Å²) in [6, 6.07) is 5.72. The average molecular weight is 222 g/mol. The van der Waals surface area contributed by atoms with Crippen molar-refractivity contribution in [3.8, 4) is 0 Å². The third-order valence-electron chi connectivity index (χ3n) is 2.45. The fourth-order valence-corrected chi connectivity index (χ4v) is 1.58. The van der Waals surface area contributed by atoms with Crippen molar-refractivity contribution in [3.63, 3.8) is 0 Å². The van der Waals surface area contributed by atoms with Gasteiger partial charge in [0.15, 0.2) is 12.4 Å². The van der Waals surface area contributed by atoms with Gasteiger partial charge in [-0.2, -0.15) is 4.57 Å². The molecule has 0 aromatic carbocycles. The molecule has 16 heavy (non-hydrogen) atoms. The molecule has 0 aliphatic rings. The molecule has 1 atom stereocenters. The summed E-state index contributed by atoms with van der Waals surface area (Å²) < 4.78 is 7.20. The van der Waals surface area contributed by atoms with Gasteiger partial charge in [-0.25, -0.2) is 4.79 Å². The smallest absolute Gasteiger partial charge is 0.372 e. The highest BCUT2D eigenvalue weighted by molar-refractivity contribution is 5.67. The first kappa shape index (κ1) is 12.7. The monoisotopic (exact) mass is 222 g/mol. The van der Waals surface area contributed by atoms with Crippen LogP contribution in [0, 0.1) is 0 Å². The quantitative estimate of drug-likeness (QED) is 0.545. The van der Waals surface area contributed by atoms with Crippen LogP contribution in [-0.4, -0.2) is 12.1 Å². The Morgan fingerprint density at radius 2 is 1.94 bits per heavy atom. The van der Waals surface area contributed by atoms with E-state index in [2.05, 4.69) is 6.92 Å². The summed E-state index contributed by atoms with van der Waals surface area (Å²) in [4.78, 5) is 11.6. The van der Waals surface area contributed by atoms with Gasteiger partial charge in [0.25, 0.3) is 0 Å². The lowest BCUT2D eigenvalue weighted by Gasteiger charge is -2.13. The lowest BCUT2D eigenvalue weighted by atomic mass is 10.2. The van der Waals surface area contributed by atoms with E-state index >= 15 is 0 Å². The van der Waals surface area contributed by atoms with Crippen LogP contribution in [-0.2, 0) is 16.1 Å².